The lowest BCUT2D eigenvalue weighted by atomic mass is 10.1. The van der Waals surface area contributed by atoms with Crippen LogP contribution in [0.15, 0.2) is 30.3 Å². The smallest absolute Gasteiger partial charge is 0.337 e. The molecule has 0 aromatic heterocycles. The first-order chi connectivity index (χ1) is 9.38. The number of anilines is 3. The Kier molecular flexibility index (Phi) is 3.56. The molecule has 0 bridgehead atoms. The Morgan fingerprint density at radius 1 is 1.20 bits per heavy atom. The van der Waals surface area contributed by atoms with Gasteiger partial charge in [0.25, 0.3) is 0 Å². The van der Waals surface area contributed by atoms with Crippen LogP contribution in [-0.2, 0) is 0 Å². The Hall–Kier alpha value is -2.63. The molecule has 0 aliphatic carbocycles. The molecule has 0 aliphatic rings. The number of aryl methyl sites for hydroxylation is 1. The van der Waals surface area contributed by atoms with E-state index in [9.17, 15) is 13.6 Å². The third kappa shape index (κ3) is 2.69. The van der Waals surface area contributed by atoms with E-state index in [0.29, 0.717) is 11.3 Å². The van der Waals surface area contributed by atoms with Gasteiger partial charge in [-0.3, -0.25) is 0 Å². The third-order valence-electron chi connectivity index (χ3n) is 2.82. The molecule has 0 heterocycles. The molecule has 0 unspecified atom stereocenters. The summed E-state index contributed by atoms with van der Waals surface area (Å²) in [6.45, 7) is 1.60. The monoisotopic (exact) mass is 278 g/mol. The van der Waals surface area contributed by atoms with Gasteiger partial charge in [-0.25, -0.2) is 13.6 Å². The van der Waals surface area contributed by atoms with Crippen molar-refractivity contribution in [2.45, 2.75) is 6.92 Å². The van der Waals surface area contributed by atoms with Gasteiger partial charge in [-0.15, -0.1) is 0 Å². The minimum Gasteiger partial charge on any atom is -0.478 e. The van der Waals surface area contributed by atoms with Crippen molar-refractivity contribution < 1.29 is 18.7 Å². The molecule has 0 atom stereocenters. The summed E-state index contributed by atoms with van der Waals surface area (Å²) in [7, 11) is 0. The Morgan fingerprint density at radius 2 is 1.90 bits per heavy atom. The lowest BCUT2D eigenvalue weighted by Crippen LogP contribution is -2.05. The number of hydrogen-bond acceptors (Lipinski definition) is 3. The van der Waals surface area contributed by atoms with E-state index in [1.165, 1.54) is 12.1 Å². The van der Waals surface area contributed by atoms with Crippen molar-refractivity contribution in [3.05, 3.63) is 53.1 Å². The third-order valence-corrected chi connectivity index (χ3v) is 2.82. The van der Waals surface area contributed by atoms with E-state index in [1.54, 1.807) is 13.0 Å². The van der Waals surface area contributed by atoms with Crippen molar-refractivity contribution in [3.63, 3.8) is 0 Å². The van der Waals surface area contributed by atoms with Crippen LogP contribution in [0, 0.1) is 18.6 Å². The number of carboxylic acid groups (broad SMARTS) is 1. The molecule has 0 fully saturated rings. The summed E-state index contributed by atoms with van der Waals surface area (Å²) in [4.78, 5) is 10.9. The number of nitrogens with two attached hydrogens (primary N) is 1. The van der Waals surface area contributed by atoms with E-state index in [-0.39, 0.29) is 16.9 Å². The maximum absolute atomic E-state index is 13.7. The van der Waals surface area contributed by atoms with Gasteiger partial charge in [-0.2, -0.15) is 0 Å². The molecular weight excluding hydrogens is 266 g/mol. The average Bonchev–Trinajstić information content (AvgIpc) is 2.36. The lowest BCUT2D eigenvalue weighted by Gasteiger charge is -2.11. The second-order valence-corrected chi connectivity index (χ2v) is 4.31. The SMILES string of the molecule is Cc1ccc(Nc2cc(C(=O)O)c(N)cc2F)cc1F. The van der Waals surface area contributed by atoms with Gasteiger partial charge in [-0.05, 0) is 36.8 Å². The summed E-state index contributed by atoms with van der Waals surface area (Å²) in [5.41, 5.74) is 5.72. The van der Waals surface area contributed by atoms with Crippen molar-refractivity contribution >= 4 is 23.0 Å². The van der Waals surface area contributed by atoms with Crippen LogP contribution >= 0.6 is 0 Å². The number of aromatic carboxylic acids is 1. The van der Waals surface area contributed by atoms with E-state index in [1.807, 2.05) is 0 Å². The molecule has 6 heteroatoms. The normalized spacial score (nSPS) is 10.3. The molecule has 0 saturated heterocycles. The van der Waals surface area contributed by atoms with Crippen molar-refractivity contribution in [2.75, 3.05) is 11.1 Å². The molecular formula is C14H12F2N2O2. The number of benzene rings is 2. The average molecular weight is 278 g/mol. The van der Waals surface area contributed by atoms with E-state index >= 15 is 0 Å². The zero-order chi connectivity index (χ0) is 14.9. The first-order valence-corrected chi connectivity index (χ1v) is 5.74. The minimum atomic E-state index is -1.26. The highest BCUT2D eigenvalue weighted by Gasteiger charge is 2.13. The van der Waals surface area contributed by atoms with Crippen molar-refractivity contribution in [2.24, 2.45) is 0 Å². The number of halogens is 2. The van der Waals surface area contributed by atoms with Gasteiger partial charge < -0.3 is 16.2 Å². The van der Waals surface area contributed by atoms with Crippen LogP contribution in [-0.4, -0.2) is 11.1 Å². The zero-order valence-electron chi connectivity index (χ0n) is 10.6. The first kappa shape index (κ1) is 13.8. The highest BCUT2D eigenvalue weighted by atomic mass is 19.1. The summed E-state index contributed by atoms with van der Waals surface area (Å²) in [6, 6.07) is 6.28. The second kappa shape index (κ2) is 5.16. The number of carboxylic acids is 1. The Labute approximate surface area is 113 Å². The van der Waals surface area contributed by atoms with Crippen molar-refractivity contribution in [1.29, 1.82) is 0 Å². The molecule has 0 radical (unpaired) electrons. The molecule has 0 aliphatic heterocycles. The largest absolute Gasteiger partial charge is 0.478 e. The topological polar surface area (TPSA) is 75.3 Å². The summed E-state index contributed by atoms with van der Waals surface area (Å²) in [6.07, 6.45) is 0. The van der Waals surface area contributed by atoms with Gasteiger partial charge in [-0.1, -0.05) is 6.07 Å². The van der Waals surface area contributed by atoms with Crippen LogP contribution in [0.3, 0.4) is 0 Å². The van der Waals surface area contributed by atoms with Crippen LogP contribution in [0.1, 0.15) is 15.9 Å². The molecule has 0 amide bonds. The predicted molar refractivity (Wildman–Crippen MR) is 72.2 cm³/mol. The van der Waals surface area contributed by atoms with Crippen LogP contribution in [0.25, 0.3) is 0 Å². The quantitative estimate of drug-likeness (QED) is 0.753. The van der Waals surface area contributed by atoms with Crippen molar-refractivity contribution in [3.8, 4) is 0 Å². The number of nitrogens with one attached hydrogen (secondary N) is 1. The van der Waals surface area contributed by atoms with Gasteiger partial charge in [0.2, 0.25) is 0 Å². The fourth-order valence-corrected chi connectivity index (χ4v) is 1.70. The Bertz CT molecular complexity index is 687. The molecule has 2 aromatic rings. The molecule has 0 saturated carbocycles. The standard InChI is InChI=1S/C14H12F2N2O2/c1-7-2-3-8(4-10(7)15)18-13-5-9(14(19)20)12(17)6-11(13)16/h2-6,18H,17H2,1H3,(H,19,20). The highest BCUT2D eigenvalue weighted by molar-refractivity contribution is 5.95. The molecule has 20 heavy (non-hydrogen) atoms. The highest BCUT2D eigenvalue weighted by Crippen LogP contribution is 2.26. The van der Waals surface area contributed by atoms with Crippen LogP contribution in [0.4, 0.5) is 25.8 Å². The molecule has 4 N–H and O–H groups in total. The second-order valence-electron chi connectivity index (χ2n) is 4.31. The van der Waals surface area contributed by atoms with Crippen LogP contribution in [0.2, 0.25) is 0 Å². The molecule has 0 spiro atoms. The van der Waals surface area contributed by atoms with Crippen LogP contribution < -0.4 is 11.1 Å². The lowest BCUT2D eigenvalue weighted by molar-refractivity contribution is 0.0698. The van der Waals surface area contributed by atoms with E-state index < -0.39 is 17.6 Å². The molecule has 4 nitrogen and oxygen atoms in total. The zero-order valence-corrected chi connectivity index (χ0v) is 10.6. The fourth-order valence-electron chi connectivity index (χ4n) is 1.70. The predicted octanol–water partition coefficient (Wildman–Crippen LogP) is 3.30. The maximum Gasteiger partial charge on any atom is 0.337 e. The number of nitrogen functional groups attached to an aromatic ring is 1. The summed E-state index contributed by atoms with van der Waals surface area (Å²) < 4.78 is 27.1. The van der Waals surface area contributed by atoms with Crippen molar-refractivity contribution in [1.82, 2.24) is 0 Å². The summed E-state index contributed by atoms with van der Waals surface area (Å²) in [5.74, 6) is -2.42. The van der Waals surface area contributed by atoms with Gasteiger partial charge in [0, 0.05) is 11.4 Å². The van der Waals surface area contributed by atoms with Gasteiger partial charge in [0.05, 0.1) is 11.3 Å². The van der Waals surface area contributed by atoms with E-state index in [2.05, 4.69) is 5.32 Å². The number of carbonyl (C=O) groups is 1. The maximum atomic E-state index is 13.7. The summed E-state index contributed by atoms with van der Waals surface area (Å²) in [5, 5.41) is 11.6. The number of rotatable bonds is 3. The van der Waals surface area contributed by atoms with Crippen LogP contribution in [0.5, 0.6) is 0 Å². The summed E-state index contributed by atoms with van der Waals surface area (Å²) >= 11 is 0. The van der Waals surface area contributed by atoms with E-state index in [0.717, 1.165) is 12.1 Å². The van der Waals surface area contributed by atoms with Gasteiger partial charge in [0.1, 0.15) is 11.6 Å². The Balaban J connectivity index is 2.40. The Morgan fingerprint density at radius 3 is 2.50 bits per heavy atom. The van der Waals surface area contributed by atoms with Gasteiger partial charge in [0.15, 0.2) is 0 Å². The molecule has 2 aromatic carbocycles. The molecule has 104 valence electrons. The first-order valence-electron chi connectivity index (χ1n) is 5.74. The fraction of sp³-hybridized carbons (Fsp3) is 0.0714. The molecule has 2 rings (SSSR count). The number of hydrogen-bond donors (Lipinski definition) is 3. The van der Waals surface area contributed by atoms with Gasteiger partial charge >= 0.3 is 5.97 Å². The minimum absolute atomic E-state index is 0.0835. The van der Waals surface area contributed by atoms with E-state index in [4.69, 9.17) is 10.8 Å².